The lowest BCUT2D eigenvalue weighted by Crippen LogP contribution is -2.35. The summed E-state index contributed by atoms with van der Waals surface area (Å²) in [5.41, 5.74) is 1.00. The summed E-state index contributed by atoms with van der Waals surface area (Å²) in [6, 6.07) is 5.38. The van der Waals surface area contributed by atoms with Crippen LogP contribution in [0.3, 0.4) is 0 Å². The van der Waals surface area contributed by atoms with Crippen LogP contribution in [0.2, 0.25) is 0 Å². The van der Waals surface area contributed by atoms with Crippen LogP contribution in [0.5, 0.6) is 11.5 Å². The zero-order valence-corrected chi connectivity index (χ0v) is 11.6. The second-order valence-corrected chi connectivity index (χ2v) is 4.34. The van der Waals surface area contributed by atoms with Gasteiger partial charge in [0.05, 0.1) is 20.8 Å². The number of ether oxygens (including phenoxy) is 2. The molecule has 1 unspecified atom stereocenters. The molecule has 1 aromatic rings. The largest absolute Gasteiger partial charge is 0.493 e. The smallest absolute Gasteiger partial charge is 0.220 e. The van der Waals surface area contributed by atoms with Gasteiger partial charge in [0.25, 0.3) is 0 Å². The lowest BCUT2D eigenvalue weighted by atomic mass is 10.1. The monoisotopic (exact) mass is 267 g/mol. The van der Waals surface area contributed by atoms with E-state index in [1.807, 2.05) is 18.2 Å². The molecule has 0 aliphatic rings. The Morgan fingerprint density at radius 1 is 1.32 bits per heavy atom. The fourth-order valence-corrected chi connectivity index (χ4v) is 1.69. The van der Waals surface area contributed by atoms with Gasteiger partial charge in [-0.15, -0.1) is 0 Å². The van der Waals surface area contributed by atoms with Crippen LogP contribution in [0.1, 0.15) is 18.9 Å². The number of amides is 1. The third-order valence-electron chi connectivity index (χ3n) is 2.77. The van der Waals surface area contributed by atoms with Gasteiger partial charge in [0, 0.05) is 12.5 Å². The number of hydrogen-bond donors (Lipinski definition) is 2. The molecule has 1 aromatic carbocycles. The molecule has 0 fully saturated rings. The van der Waals surface area contributed by atoms with Crippen molar-refractivity contribution in [1.29, 1.82) is 0 Å². The molecule has 5 nitrogen and oxygen atoms in total. The normalized spacial score (nSPS) is 11.8. The summed E-state index contributed by atoms with van der Waals surface area (Å²) >= 11 is 0. The molecule has 0 saturated carbocycles. The molecule has 1 atom stereocenters. The summed E-state index contributed by atoms with van der Waals surface area (Å²) in [7, 11) is 3.17. The van der Waals surface area contributed by atoms with Crippen molar-refractivity contribution in [1.82, 2.24) is 5.32 Å². The van der Waals surface area contributed by atoms with Crippen molar-refractivity contribution in [3.05, 3.63) is 23.8 Å². The van der Waals surface area contributed by atoms with E-state index in [1.54, 1.807) is 21.1 Å². The Morgan fingerprint density at radius 2 is 2.00 bits per heavy atom. The van der Waals surface area contributed by atoms with Crippen molar-refractivity contribution in [2.24, 2.45) is 0 Å². The average Bonchev–Trinajstić information content (AvgIpc) is 2.44. The summed E-state index contributed by atoms with van der Waals surface area (Å²) in [4.78, 5) is 11.6. The molecule has 0 saturated heterocycles. The van der Waals surface area contributed by atoms with E-state index in [-0.39, 0.29) is 18.6 Å². The molecule has 5 heteroatoms. The van der Waals surface area contributed by atoms with Gasteiger partial charge in [-0.2, -0.15) is 0 Å². The quantitative estimate of drug-likeness (QED) is 0.777. The predicted molar refractivity (Wildman–Crippen MR) is 72.6 cm³/mol. The first-order valence-electron chi connectivity index (χ1n) is 6.21. The molecule has 0 heterocycles. The third kappa shape index (κ3) is 4.79. The van der Waals surface area contributed by atoms with E-state index in [0.29, 0.717) is 24.3 Å². The van der Waals surface area contributed by atoms with Crippen LogP contribution in [0, 0.1) is 0 Å². The van der Waals surface area contributed by atoms with Crippen LogP contribution in [-0.2, 0) is 11.2 Å². The minimum Gasteiger partial charge on any atom is -0.493 e. The van der Waals surface area contributed by atoms with Gasteiger partial charge in [-0.25, -0.2) is 0 Å². The van der Waals surface area contributed by atoms with Gasteiger partial charge in [0.1, 0.15) is 0 Å². The van der Waals surface area contributed by atoms with Gasteiger partial charge in [-0.1, -0.05) is 6.07 Å². The zero-order valence-electron chi connectivity index (χ0n) is 11.6. The summed E-state index contributed by atoms with van der Waals surface area (Å²) < 4.78 is 10.4. The molecular weight excluding hydrogens is 246 g/mol. The van der Waals surface area contributed by atoms with E-state index >= 15 is 0 Å². The van der Waals surface area contributed by atoms with Crippen LogP contribution in [0.4, 0.5) is 0 Å². The molecule has 2 N–H and O–H groups in total. The maximum atomic E-state index is 11.6. The second kappa shape index (κ2) is 7.63. The summed E-state index contributed by atoms with van der Waals surface area (Å²) in [5.74, 6) is 1.25. The maximum absolute atomic E-state index is 11.6. The molecule has 0 aliphatic heterocycles. The Balaban J connectivity index is 2.56. The van der Waals surface area contributed by atoms with Crippen LogP contribution >= 0.6 is 0 Å². The fourth-order valence-electron chi connectivity index (χ4n) is 1.69. The van der Waals surface area contributed by atoms with Gasteiger partial charge < -0.3 is 19.9 Å². The SMILES string of the molecule is COc1ccc(CCC(=O)NC(C)CO)cc1OC. The Morgan fingerprint density at radius 3 is 2.58 bits per heavy atom. The highest BCUT2D eigenvalue weighted by Gasteiger charge is 2.08. The number of methoxy groups -OCH3 is 2. The Hall–Kier alpha value is -1.75. The molecule has 19 heavy (non-hydrogen) atoms. The summed E-state index contributed by atoms with van der Waals surface area (Å²) in [6.07, 6.45) is 0.990. The van der Waals surface area contributed by atoms with Crippen LogP contribution in [0.25, 0.3) is 0 Å². The highest BCUT2D eigenvalue weighted by atomic mass is 16.5. The molecule has 0 spiro atoms. The average molecular weight is 267 g/mol. The van der Waals surface area contributed by atoms with Gasteiger partial charge in [-0.3, -0.25) is 4.79 Å². The van der Waals surface area contributed by atoms with E-state index < -0.39 is 0 Å². The summed E-state index contributed by atoms with van der Waals surface area (Å²) in [5, 5.41) is 11.6. The van der Waals surface area contributed by atoms with Crippen LogP contribution < -0.4 is 14.8 Å². The van der Waals surface area contributed by atoms with Crippen molar-refractivity contribution in [3.63, 3.8) is 0 Å². The molecule has 1 rings (SSSR count). The number of nitrogens with one attached hydrogen (secondary N) is 1. The first kappa shape index (κ1) is 15.3. The summed E-state index contributed by atoms with van der Waals surface area (Å²) in [6.45, 7) is 1.70. The Kier molecular flexibility index (Phi) is 6.15. The highest BCUT2D eigenvalue weighted by Crippen LogP contribution is 2.27. The van der Waals surface area contributed by atoms with Crippen molar-refractivity contribution >= 4 is 5.91 Å². The molecular formula is C14H21NO4. The molecule has 0 bridgehead atoms. The van der Waals surface area contributed by atoms with E-state index in [9.17, 15) is 4.79 Å². The van der Waals surface area contributed by atoms with Crippen molar-refractivity contribution in [2.45, 2.75) is 25.8 Å². The second-order valence-electron chi connectivity index (χ2n) is 4.34. The number of rotatable bonds is 7. The number of aliphatic hydroxyl groups is 1. The minimum absolute atomic E-state index is 0.0535. The van der Waals surface area contributed by atoms with Gasteiger partial charge in [0.15, 0.2) is 11.5 Å². The first-order valence-corrected chi connectivity index (χ1v) is 6.21. The van der Waals surface area contributed by atoms with Crippen molar-refractivity contribution in [2.75, 3.05) is 20.8 Å². The van der Waals surface area contributed by atoms with Crippen molar-refractivity contribution in [3.8, 4) is 11.5 Å². The number of aliphatic hydroxyl groups excluding tert-OH is 1. The molecule has 0 aliphatic carbocycles. The topological polar surface area (TPSA) is 67.8 Å². The van der Waals surface area contributed by atoms with E-state index in [4.69, 9.17) is 14.6 Å². The van der Waals surface area contributed by atoms with E-state index in [0.717, 1.165) is 5.56 Å². The van der Waals surface area contributed by atoms with Gasteiger partial charge in [0.2, 0.25) is 5.91 Å². The lowest BCUT2D eigenvalue weighted by molar-refractivity contribution is -0.121. The number of aryl methyl sites for hydroxylation is 1. The minimum atomic E-state index is -0.210. The third-order valence-corrected chi connectivity index (χ3v) is 2.77. The fraction of sp³-hybridized carbons (Fsp3) is 0.500. The number of carbonyl (C=O) groups is 1. The van der Waals surface area contributed by atoms with Crippen LogP contribution in [0.15, 0.2) is 18.2 Å². The van der Waals surface area contributed by atoms with E-state index in [1.165, 1.54) is 0 Å². The predicted octanol–water partition coefficient (Wildman–Crippen LogP) is 1.13. The Bertz CT molecular complexity index is 420. The molecule has 0 aromatic heterocycles. The van der Waals surface area contributed by atoms with Gasteiger partial charge in [-0.05, 0) is 31.0 Å². The first-order chi connectivity index (χ1) is 9.10. The zero-order chi connectivity index (χ0) is 14.3. The Labute approximate surface area is 113 Å². The number of carbonyl (C=O) groups excluding carboxylic acids is 1. The lowest BCUT2D eigenvalue weighted by Gasteiger charge is -2.11. The highest BCUT2D eigenvalue weighted by molar-refractivity contribution is 5.76. The number of benzene rings is 1. The molecule has 0 radical (unpaired) electrons. The molecule has 106 valence electrons. The standard InChI is InChI=1S/C14H21NO4/c1-10(9-16)15-14(17)7-5-11-4-6-12(18-2)13(8-11)19-3/h4,6,8,10,16H,5,7,9H2,1-3H3,(H,15,17). The van der Waals surface area contributed by atoms with Crippen molar-refractivity contribution < 1.29 is 19.4 Å². The maximum Gasteiger partial charge on any atom is 0.220 e. The van der Waals surface area contributed by atoms with Crippen LogP contribution in [-0.4, -0.2) is 37.9 Å². The molecule has 1 amide bonds. The van der Waals surface area contributed by atoms with E-state index in [2.05, 4.69) is 5.32 Å². The number of hydrogen-bond acceptors (Lipinski definition) is 4. The van der Waals surface area contributed by atoms with Gasteiger partial charge >= 0.3 is 0 Å².